The Bertz CT molecular complexity index is 1530. The molecule has 2 heterocycles. The Hall–Kier alpha value is -4.22. The van der Waals surface area contributed by atoms with Gasteiger partial charge in [-0.15, -0.1) is 0 Å². The number of fused-ring (bicyclic) bond motifs is 2. The fourth-order valence-electron chi connectivity index (χ4n) is 6.12. The number of Topliss-reactive ketones (excluding diaryl/α,β-unsaturated/α-hetero) is 1. The molecule has 0 bridgehead atoms. The second-order valence-corrected chi connectivity index (χ2v) is 10.8. The zero-order valence-electron chi connectivity index (χ0n) is 21.5. The van der Waals surface area contributed by atoms with Crippen molar-refractivity contribution < 1.29 is 9.37 Å². The van der Waals surface area contributed by atoms with Gasteiger partial charge in [-0.3, -0.25) is 4.79 Å². The molecule has 0 amide bonds. The van der Waals surface area contributed by atoms with E-state index in [9.17, 15) is 15.3 Å². The molecule has 2 aliphatic heterocycles. The lowest BCUT2D eigenvalue weighted by Gasteiger charge is -2.33. The Morgan fingerprint density at radius 2 is 1.58 bits per heavy atom. The van der Waals surface area contributed by atoms with Crippen LogP contribution in [0.3, 0.4) is 0 Å². The van der Waals surface area contributed by atoms with Gasteiger partial charge >= 0.3 is 0 Å². The van der Waals surface area contributed by atoms with E-state index >= 15 is 0 Å². The maximum absolute atomic E-state index is 13.6. The van der Waals surface area contributed by atoms with Crippen LogP contribution in [0.5, 0.6) is 0 Å². The van der Waals surface area contributed by atoms with Crippen molar-refractivity contribution in [2.24, 2.45) is 5.92 Å². The van der Waals surface area contributed by atoms with E-state index in [-0.39, 0.29) is 22.2 Å². The molecule has 0 N–H and O–H groups in total. The number of anilines is 1. The molecule has 1 saturated carbocycles. The third kappa shape index (κ3) is 3.06. The molecule has 5 nitrogen and oxygen atoms in total. The molecule has 0 spiro atoms. The fourth-order valence-corrected chi connectivity index (χ4v) is 6.12. The van der Waals surface area contributed by atoms with Crippen molar-refractivity contribution in [1.82, 2.24) is 0 Å². The first-order valence-corrected chi connectivity index (χ1v) is 12.1. The number of carbonyl (C=O) groups is 1. The summed E-state index contributed by atoms with van der Waals surface area (Å²) in [5.41, 5.74) is 6.88. The van der Waals surface area contributed by atoms with Gasteiger partial charge in [-0.2, -0.15) is 15.1 Å². The van der Waals surface area contributed by atoms with Gasteiger partial charge in [0.2, 0.25) is 5.69 Å². The summed E-state index contributed by atoms with van der Waals surface area (Å²) in [4.78, 5) is 15.8. The third-order valence-corrected chi connectivity index (χ3v) is 8.13. The van der Waals surface area contributed by atoms with Crippen LogP contribution in [-0.4, -0.2) is 30.2 Å². The highest BCUT2D eigenvalue weighted by Gasteiger charge is 2.48. The normalized spacial score (nSPS) is 23.3. The molecule has 0 saturated heterocycles. The molecule has 1 atom stereocenters. The standard InChI is InChI=1S/C31H29N4O/c1-30(2)22-11-7-9-13-24(22)34(5)26(30)15-20-28(19(17-32)18-33)21(29(20)36)16-27-31(3,4)23-12-8-10-14-25(23)35(27)6/h7-16,20H,1-6H3/q+1/b21-16+,26-15+. The number of para-hydroxylation sites is 2. The Morgan fingerprint density at radius 1 is 0.972 bits per heavy atom. The van der Waals surface area contributed by atoms with Crippen molar-refractivity contribution in [3.05, 3.63) is 94.2 Å². The quantitative estimate of drug-likeness (QED) is 0.329. The monoisotopic (exact) mass is 473 g/mol. The van der Waals surface area contributed by atoms with Gasteiger partial charge in [0, 0.05) is 52.7 Å². The summed E-state index contributed by atoms with van der Waals surface area (Å²) in [5, 5.41) is 19.6. The van der Waals surface area contributed by atoms with E-state index in [0.717, 1.165) is 22.8 Å². The Morgan fingerprint density at radius 3 is 2.19 bits per heavy atom. The Balaban J connectivity index is 1.63. The molecule has 1 unspecified atom stereocenters. The van der Waals surface area contributed by atoms with Crippen LogP contribution >= 0.6 is 0 Å². The van der Waals surface area contributed by atoms with Gasteiger partial charge in [0.15, 0.2) is 11.5 Å². The number of rotatable bonds is 2. The second-order valence-electron chi connectivity index (χ2n) is 10.8. The van der Waals surface area contributed by atoms with Crippen LogP contribution < -0.4 is 4.90 Å². The maximum atomic E-state index is 13.6. The molecule has 5 heteroatoms. The first kappa shape index (κ1) is 23.5. The average molecular weight is 474 g/mol. The zero-order valence-corrected chi connectivity index (χ0v) is 21.5. The molecule has 0 aromatic heterocycles. The summed E-state index contributed by atoms with van der Waals surface area (Å²) >= 11 is 0. The lowest BCUT2D eigenvalue weighted by atomic mass is 9.68. The lowest BCUT2D eigenvalue weighted by Crippen LogP contribution is -2.37. The molecule has 36 heavy (non-hydrogen) atoms. The maximum Gasteiger partial charge on any atom is 0.209 e. The minimum Gasteiger partial charge on any atom is -0.347 e. The first-order chi connectivity index (χ1) is 17.1. The minimum atomic E-state index is -0.630. The molecule has 0 radical (unpaired) electrons. The van der Waals surface area contributed by atoms with Gasteiger partial charge in [0.1, 0.15) is 24.8 Å². The number of allylic oxidation sites excluding steroid dienone is 6. The van der Waals surface area contributed by atoms with Crippen molar-refractivity contribution >= 4 is 22.9 Å². The topological polar surface area (TPSA) is 70.9 Å². The third-order valence-electron chi connectivity index (χ3n) is 8.13. The summed E-state index contributed by atoms with van der Waals surface area (Å²) < 4.78 is 2.10. The number of nitriles is 2. The molecular weight excluding hydrogens is 444 g/mol. The number of nitrogens with zero attached hydrogens (tertiary/aromatic N) is 4. The summed E-state index contributed by atoms with van der Waals surface area (Å²) in [6.07, 6.45) is 3.84. The summed E-state index contributed by atoms with van der Waals surface area (Å²) in [6, 6.07) is 20.5. The Kier molecular flexibility index (Phi) is 5.16. The van der Waals surface area contributed by atoms with Gasteiger partial charge in [0.25, 0.3) is 0 Å². The van der Waals surface area contributed by atoms with Crippen LogP contribution in [0.1, 0.15) is 38.8 Å². The minimum absolute atomic E-state index is 0.00441. The van der Waals surface area contributed by atoms with E-state index in [2.05, 4.69) is 61.4 Å². The molecule has 1 fully saturated rings. The van der Waals surface area contributed by atoms with Gasteiger partial charge in [-0.25, -0.2) is 0 Å². The Labute approximate surface area is 212 Å². The van der Waals surface area contributed by atoms with Crippen molar-refractivity contribution in [2.75, 3.05) is 19.0 Å². The smallest absolute Gasteiger partial charge is 0.209 e. The van der Waals surface area contributed by atoms with E-state index in [1.165, 1.54) is 11.1 Å². The van der Waals surface area contributed by atoms with Crippen LogP contribution in [0, 0.1) is 28.6 Å². The average Bonchev–Trinajstić information content (AvgIpc) is 3.18. The summed E-state index contributed by atoms with van der Waals surface area (Å²) in [6.45, 7) is 8.55. The van der Waals surface area contributed by atoms with Crippen LogP contribution in [0.25, 0.3) is 0 Å². The molecule has 1 aliphatic carbocycles. The van der Waals surface area contributed by atoms with E-state index in [1.54, 1.807) is 0 Å². The molecule has 3 aliphatic rings. The number of likely N-dealkylation sites (N-methyl/N-ethyl adjacent to an activating group) is 1. The number of ketones is 1. The summed E-state index contributed by atoms with van der Waals surface area (Å²) in [7, 11) is 4.00. The second kappa shape index (κ2) is 7.90. The molecule has 178 valence electrons. The van der Waals surface area contributed by atoms with Crippen molar-refractivity contribution in [3.8, 4) is 12.1 Å². The van der Waals surface area contributed by atoms with Crippen LogP contribution in [0.2, 0.25) is 0 Å². The van der Waals surface area contributed by atoms with Crippen LogP contribution in [0.15, 0.2) is 83.1 Å². The molecule has 5 rings (SSSR count). The lowest BCUT2D eigenvalue weighted by molar-refractivity contribution is -0.401. The fraction of sp³-hybridized carbons (Fsp3) is 0.290. The van der Waals surface area contributed by atoms with E-state index < -0.39 is 5.92 Å². The number of hydrogen-bond acceptors (Lipinski definition) is 4. The van der Waals surface area contributed by atoms with Crippen LogP contribution in [-0.2, 0) is 15.6 Å². The molecule has 2 aromatic rings. The SMILES string of the molecule is CN1/C(=C/C2C(=O)/C(=C/C3=[N+](C)c4ccccc4C3(C)C)C2=C(C#N)C#N)C(C)(C)c2ccccc21. The van der Waals surface area contributed by atoms with E-state index in [1.807, 2.05) is 62.7 Å². The molecular formula is C31H29N4O+. The zero-order chi connectivity index (χ0) is 26.0. The van der Waals surface area contributed by atoms with Crippen LogP contribution in [0.4, 0.5) is 11.4 Å². The number of hydrogen-bond donors (Lipinski definition) is 0. The van der Waals surface area contributed by atoms with Gasteiger partial charge in [0.05, 0.1) is 11.3 Å². The van der Waals surface area contributed by atoms with Crippen molar-refractivity contribution in [2.45, 2.75) is 38.5 Å². The molecule has 2 aromatic carbocycles. The highest BCUT2D eigenvalue weighted by atomic mass is 16.1. The number of benzene rings is 2. The number of carbonyl (C=O) groups excluding carboxylic acids is 1. The largest absolute Gasteiger partial charge is 0.347 e. The van der Waals surface area contributed by atoms with Gasteiger partial charge < -0.3 is 4.90 Å². The van der Waals surface area contributed by atoms with Crippen molar-refractivity contribution in [3.63, 3.8) is 0 Å². The highest BCUT2D eigenvalue weighted by Crippen LogP contribution is 2.50. The first-order valence-electron chi connectivity index (χ1n) is 12.1. The van der Waals surface area contributed by atoms with Crippen molar-refractivity contribution in [1.29, 1.82) is 10.5 Å². The predicted octanol–water partition coefficient (Wildman–Crippen LogP) is 5.47. The predicted molar refractivity (Wildman–Crippen MR) is 141 cm³/mol. The van der Waals surface area contributed by atoms with Gasteiger partial charge in [-0.05, 0) is 31.6 Å². The van der Waals surface area contributed by atoms with E-state index in [4.69, 9.17) is 0 Å². The highest BCUT2D eigenvalue weighted by molar-refractivity contribution is 6.19. The summed E-state index contributed by atoms with van der Waals surface area (Å²) in [5.74, 6) is -0.692. The van der Waals surface area contributed by atoms with E-state index in [0.29, 0.717) is 11.1 Å². The van der Waals surface area contributed by atoms with Gasteiger partial charge in [-0.1, -0.05) is 50.2 Å².